The molecule has 3 nitrogen and oxygen atoms in total. The van der Waals surface area contributed by atoms with Crippen molar-refractivity contribution in [3.05, 3.63) is 35.1 Å². The van der Waals surface area contributed by atoms with Gasteiger partial charge < -0.3 is 0 Å². The van der Waals surface area contributed by atoms with Crippen molar-refractivity contribution in [2.45, 2.75) is 6.54 Å². The molecule has 0 saturated heterocycles. The molecule has 3 N–H and O–H groups in total. The van der Waals surface area contributed by atoms with E-state index in [4.69, 9.17) is 11.1 Å². The third kappa shape index (κ3) is 2.99. The van der Waals surface area contributed by atoms with Crippen molar-refractivity contribution < 1.29 is 4.39 Å². The van der Waals surface area contributed by atoms with Crippen molar-refractivity contribution in [1.29, 1.82) is 5.26 Å². The molecule has 0 saturated carbocycles. The molecular weight excluding hydrogens is 193 g/mol. The van der Waals surface area contributed by atoms with Crippen molar-refractivity contribution in [1.82, 2.24) is 5.43 Å². The standard InChI is InChI=1S/C8H8FN3.ClH/c9-8-2-1-6(5-12-11)3-7(8)4-10;/h1-3,12H,5,11H2;1H. The molecule has 1 aromatic rings. The molecule has 0 spiro atoms. The number of hydrazine groups is 1. The molecule has 0 aliphatic carbocycles. The Morgan fingerprint density at radius 2 is 2.23 bits per heavy atom. The van der Waals surface area contributed by atoms with E-state index in [1.54, 1.807) is 12.1 Å². The number of rotatable bonds is 2. The fourth-order valence-electron chi connectivity index (χ4n) is 0.886. The molecule has 13 heavy (non-hydrogen) atoms. The van der Waals surface area contributed by atoms with Crippen LogP contribution < -0.4 is 11.3 Å². The molecule has 0 aromatic heterocycles. The average molecular weight is 202 g/mol. The first kappa shape index (κ1) is 11.8. The summed E-state index contributed by atoms with van der Waals surface area (Å²) in [6, 6.07) is 6.05. The van der Waals surface area contributed by atoms with Gasteiger partial charge in [0.2, 0.25) is 0 Å². The van der Waals surface area contributed by atoms with Gasteiger partial charge in [-0.3, -0.25) is 11.3 Å². The lowest BCUT2D eigenvalue weighted by molar-refractivity contribution is 0.621. The summed E-state index contributed by atoms with van der Waals surface area (Å²) in [6.45, 7) is 0.426. The molecule has 0 radical (unpaired) electrons. The van der Waals surface area contributed by atoms with E-state index in [2.05, 4.69) is 5.43 Å². The molecule has 0 bridgehead atoms. The predicted molar refractivity (Wildman–Crippen MR) is 49.4 cm³/mol. The summed E-state index contributed by atoms with van der Waals surface area (Å²) in [6.07, 6.45) is 0. The summed E-state index contributed by atoms with van der Waals surface area (Å²) in [5, 5.41) is 8.47. The minimum Gasteiger partial charge on any atom is -0.271 e. The maximum atomic E-state index is 12.7. The first-order valence-electron chi connectivity index (χ1n) is 3.40. The highest BCUT2D eigenvalue weighted by molar-refractivity contribution is 5.85. The molecule has 0 heterocycles. The summed E-state index contributed by atoms with van der Waals surface area (Å²) in [5.74, 6) is 4.56. The van der Waals surface area contributed by atoms with Gasteiger partial charge in [-0.25, -0.2) is 4.39 Å². The van der Waals surface area contributed by atoms with E-state index in [0.717, 1.165) is 5.56 Å². The maximum absolute atomic E-state index is 12.7. The smallest absolute Gasteiger partial charge is 0.140 e. The van der Waals surface area contributed by atoms with Crippen LogP contribution in [0.4, 0.5) is 4.39 Å². The Morgan fingerprint density at radius 3 is 2.77 bits per heavy atom. The van der Waals surface area contributed by atoms with Crippen LogP contribution in [0.25, 0.3) is 0 Å². The lowest BCUT2D eigenvalue weighted by atomic mass is 10.1. The van der Waals surface area contributed by atoms with Gasteiger partial charge in [-0.2, -0.15) is 5.26 Å². The number of nitrogens with zero attached hydrogens (tertiary/aromatic N) is 1. The van der Waals surface area contributed by atoms with Gasteiger partial charge in [0, 0.05) is 6.54 Å². The Labute approximate surface area is 81.7 Å². The molecule has 0 amide bonds. The van der Waals surface area contributed by atoms with E-state index in [0.29, 0.717) is 6.54 Å². The molecule has 1 aromatic carbocycles. The second-order valence-electron chi connectivity index (χ2n) is 2.31. The third-order valence-corrected chi connectivity index (χ3v) is 1.46. The lowest BCUT2D eigenvalue weighted by Crippen LogP contribution is -2.20. The highest BCUT2D eigenvalue weighted by Crippen LogP contribution is 2.08. The number of nitrogens with two attached hydrogens (primary N) is 1. The first-order chi connectivity index (χ1) is 5.77. The number of hydrogen-bond acceptors (Lipinski definition) is 3. The quantitative estimate of drug-likeness (QED) is 0.556. The zero-order chi connectivity index (χ0) is 8.97. The minimum atomic E-state index is -0.502. The molecule has 0 aliphatic heterocycles. The number of halogens is 2. The van der Waals surface area contributed by atoms with Crippen LogP contribution in [-0.4, -0.2) is 0 Å². The van der Waals surface area contributed by atoms with E-state index in [1.165, 1.54) is 12.1 Å². The van der Waals surface area contributed by atoms with E-state index in [1.807, 2.05) is 0 Å². The normalized spacial score (nSPS) is 8.69. The van der Waals surface area contributed by atoms with E-state index in [-0.39, 0.29) is 18.0 Å². The number of nitrogens with one attached hydrogen (secondary N) is 1. The van der Waals surface area contributed by atoms with E-state index in [9.17, 15) is 4.39 Å². The van der Waals surface area contributed by atoms with Gasteiger partial charge in [-0.05, 0) is 17.7 Å². The second kappa shape index (κ2) is 5.49. The third-order valence-electron chi connectivity index (χ3n) is 1.46. The van der Waals surface area contributed by atoms with E-state index < -0.39 is 5.82 Å². The van der Waals surface area contributed by atoms with Crippen molar-refractivity contribution >= 4 is 12.4 Å². The van der Waals surface area contributed by atoms with Crippen LogP contribution in [-0.2, 0) is 6.54 Å². The SMILES string of the molecule is Cl.N#Cc1cc(CNN)ccc1F. The van der Waals surface area contributed by atoms with Crippen molar-refractivity contribution in [3.63, 3.8) is 0 Å². The topological polar surface area (TPSA) is 61.8 Å². The van der Waals surface area contributed by atoms with Crippen LogP contribution in [0.2, 0.25) is 0 Å². The van der Waals surface area contributed by atoms with Crippen molar-refractivity contribution in [2.75, 3.05) is 0 Å². The van der Waals surface area contributed by atoms with Crippen molar-refractivity contribution in [3.8, 4) is 6.07 Å². The second-order valence-corrected chi connectivity index (χ2v) is 2.31. The fraction of sp³-hybridized carbons (Fsp3) is 0.125. The Hall–Kier alpha value is -1.15. The van der Waals surface area contributed by atoms with Gasteiger partial charge in [0.1, 0.15) is 11.9 Å². The Balaban J connectivity index is 0.00000144. The zero-order valence-electron chi connectivity index (χ0n) is 6.75. The summed E-state index contributed by atoms with van der Waals surface area (Å²) in [7, 11) is 0. The zero-order valence-corrected chi connectivity index (χ0v) is 7.57. The molecular formula is C8H9ClFN3. The summed E-state index contributed by atoms with van der Waals surface area (Å²) < 4.78 is 12.7. The number of hydrogen-bond donors (Lipinski definition) is 2. The predicted octanol–water partition coefficient (Wildman–Crippen LogP) is 1.08. The van der Waals surface area contributed by atoms with Gasteiger partial charge >= 0.3 is 0 Å². The van der Waals surface area contributed by atoms with Crippen LogP contribution in [0.15, 0.2) is 18.2 Å². The van der Waals surface area contributed by atoms with Crippen LogP contribution in [0.1, 0.15) is 11.1 Å². The van der Waals surface area contributed by atoms with Gasteiger partial charge in [-0.1, -0.05) is 6.07 Å². The number of benzene rings is 1. The molecule has 1 rings (SSSR count). The maximum Gasteiger partial charge on any atom is 0.140 e. The minimum absolute atomic E-state index is 0. The van der Waals surface area contributed by atoms with Crippen molar-refractivity contribution in [2.24, 2.45) is 5.84 Å². The van der Waals surface area contributed by atoms with Crippen LogP contribution in [0, 0.1) is 17.1 Å². The van der Waals surface area contributed by atoms with Crippen LogP contribution in [0.5, 0.6) is 0 Å². The summed E-state index contributed by atoms with van der Waals surface area (Å²) in [4.78, 5) is 0. The molecule has 0 fully saturated rings. The molecule has 0 aliphatic rings. The molecule has 0 atom stereocenters. The molecule has 70 valence electrons. The number of nitriles is 1. The summed E-state index contributed by atoms with van der Waals surface area (Å²) in [5.41, 5.74) is 3.25. The fourth-order valence-corrected chi connectivity index (χ4v) is 0.886. The average Bonchev–Trinajstić information content (AvgIpc) is 2.09. The van der Waals surface area contributed by atoms with Gasteiger partial charge in [0.05, 0.1) is 5.56 Å². The van der Waals surface area contributed by atoms with E-state index >= 15 is 0 Å². The van der Waals surface area contributed by atoms with Crippen LogP contribution in [0.3, 0.4) is 0 Å². The highest BCUT2D eigenvalue weighted by Gasteiger charge is 2.01. The molecule has 5 heteroatoms. The van der Waals surface area contributed by atoms with Gasteiger partial charge in [0.25, 0.3) is 0 Å². The first-order valence-corrected chi connectivity index (χ1v) is 3.40. The lowest BCUT2D eigenvalue weighted by Gasteiger charge is -1.99. The van der Waals surface area contributed by atoms with Gasteiger partial charge in [-0.15, -0.1) is 12.4 Å². The van der Waals surface area contributed by atoms with Gasteiger partial charge in [0.15, 0.2) is 0 Å². The molecule has 0 unspecified atom stereocenters. The monoisotopic (exact) mass is 201 g/mol. The summed E-state index contributed by atoms with van der Waals surface area (Å²) >= 11 is 0. The Bertz CT molecular complexity index is 322. The Morgan fingerprint density at radius 1 is 1.54 bits per heavy atom. The van der Waals surface area contributed by atoms with Crippen LogP contribution >= 0.6 is 12.4 Å². The highest BCUT2D eigenvalue weighted by atomic mass is 35.5. The Kier molecular flexibility index (Phi) is 5.00. The largest absolute Gasteiger partial charge is 0.271 e.